The Kier molecular flexibility index (Phi) is 5.38. The van der Waals surface area contributed by atoms with E-state index in [1.165, 1.54) is 29.5 Å². The van der Waals surface area contributed by atoms with Gasteiger partial charge in [-0.3, -0.25) is 20.4 Å². The van der Waals surface area contributed by atoms with Crippen LogP contribution in [-0.4, -0.2) is 11.8 Å². The zero-order chi connectivity index (χ0) is 15.2. The molecule has 0 atom stereocenters. The molecule has 2 amide bonds. The first-order valence-corrected chi connectivity index (χ1v) is 7.47. The highest BCUT2D eigenvalue weighted by Crippen LogP contribution is 2.20. The summed E-state index contributed by atoms with van der Waals surface area (Å²) in [5, 5.41) is 2.55. The summed E-state index contributed by atoms with van der Waals surface area (Å²) in [6.07, 6.45) is 2.98. The van der Waals surface area contributed by atoms with Crippen LogP contribution in [0.15, 0.2) is 41.8 Å². The van der Waals surface area contributed by atoms with Crippen LogP contribution in [0.1, 0.15) is 15.2 Å². The van der Waals surface area contributed by atoms with Crippen LogP contribution in [0, 0.1) is 0 Å². The van der Waals surface area contributed by atoms with Crippen molar-refractivity contribution in [3.63, 3.8) is 0 Å². The second kappa shape index (κ2) is 7.26. The Labute approximate surface area is 135 Å². The summed E-state index contributed by atoms with van der Waals surface area (Å²) in [6.45, 7) is 0. The van der Waals surface area contributed by atoms with Crippen LogP contribution in [-0.2, 0) is 4.79 Å². The maximum Gasteiger partial charge on any atom is 0.271 e. The molecule has 0 aliphatic rings. The molecule has 7 heteroatoms. The molecule has 0 radical (unpaired) electrons. The molecule has 0 saturated heterocycles. The number of hydrogen-bond acceptors (Lipinski definition) is 3. The molecular formula is C14H10Cl2N2O2S. The number of carbonyl (C=O) groups is 2. The van der Waals surface area contributed by atoms with Crippen molar-refractivity contribution in [1.29, 1.82) is 0 Å². The smallest absolute Gasteiger partial charge is 0.268 e. The van der Waals surface area contributed by atoms with Gasteiger partial charge in [0, 0.05) is 16.0 Å². The minimum Gasteiger partial charge on any atom is -0.268 e. The van der Waals surface area contributed by atoms with E-state index >= 15 is 0 Å². The topological polar surface area (TPSA) is 58.2 Å². The highest BCUT2D eigenvalue weighted by Gasteiger charge is 2.10. The maximum atomic E-state index is 11.8. The highest BCUT2D eigenvalue weighted by atomic mass is 35.5. The third-order valence-electron chi connectivity index (χ3n) is 2.42. The average Bonchev–Trinajstić information content (AvgIpc) is 2.95. The fourth-order valence-corrected chi connectivity index (χ4v) is 2.56. The number of carbonyl (C=O) groups excluding carboxylic acids is 2. The Morgan fingerprint density at radius 1 is 1.14 bits per heavy atom. The summed E-state index contributed by atoms with van der Waals surface area (Å²) in [7, 11) is 0. The third-order valence-corrected chi connectivity index (χ3v) is 3.80. The number of halogens is 2. The van der Waals surface area contributed by atoms with Crippen LogP contribution < -0.4 is 10.9 Å². The Morgan fingerprint density at radius 2 is 1.95 bits per heavy atom. The second-order valence-electron chi connectivity index (χ2n) is 3.92. The van der Waals surface area contributed by atoms with E-state index < -0.39 is 11.8 Å². The lowest BCUT2D eigenvalue weighted by Gasteiger charge is -2.06. The van der Waals surface area contributed by atoms with E-state index in [1.807, 2.05) is 17.5 Å². The van der Waals surface area contributed by atoms with Crippen molar-refractivity contribution >= 4 is 52.4 Å². The fourth-order valence-electron chi connectivity index (χ4n) is 1.44. The van der Waals surface area contributed by atoms with Gasteiger partial charge in [0.1, 0.15) is 0 Å². The maximum absolute atomic E-state index is 11.8. The molecule has 0 spiro atoms. The van der Waals surface area contributed by atoms with E-state index in [9.17, 15) is 9.59 Å². The molecule has 2 aromatic rings. The molecule has 0 bridgehead atoms. The predicted octanol–water partition coefficient (Wildman–Crippen LogP) is 3.53. The molecule has 4 nitrogen and oxygen atoms in total. The largest absolute Gasteiger partial charge is 0.271 e. The minimum absolute atomic E-state index is 0.211. The molecule has 0 saturated carbocycles. The highest BCUT2D eigenvalue weighted by molar-refractivity contribution is 7.10. The lowest BCUT2D eigenvalue weighted by molar-refractivity contribution is -0.117. The Bertz CT molecular complexity index is 684. The van der Waals surface area contributed by atoms with Gasteiger partial charge >= 0.3 is 0 Å². The summed E-state index contributed by atoms with van der Waals surface area (Å²) in [5.41, 5.74) is 4.77. The first-order valence-electron chi connectivity index (χ1n) is 5.83. The van der Waals surface area contributed by atoms with Gasteiger partial charge in [0.05, 0.1) is 10.6 Å². The standard InChI is InChI=1S/C14H10Cl2N2O2S/c15-9-3-5-11(12(16)8-9)14(20)18-17-13(19)6-4-10-2-1-7-21-10/h1-8H,(H,17,19)(H,18,20)/b6-4+. The van der Waals surface area contributed by atoms with E-state index in [0.717, 1.165) is 4.88 Å². The first kappa shape index (κ1) is 15.6. The molecule has 1 aromatic carbocycles. The number of rotatable bonds is 3. The predicted molar refractivity (Wildman–Crippen MR) is 85.4 cm³/mol. The van der Waals surface area contributed by atoms with Crippen LogP contribution in [0.3, 0.4) is 0 Å². The van der Waals surface area contributed by atoms with Gasteiger partial charge in [-0.15, -0.1) is 11.3 Å². The zero-order valence-electron chi connectivity index (χ0n) is 10.6. The van der Waals surface area contributed by atoms with Crippen molar-refractivity contribution in [2.75, 3.05) is 0 Å². The van der Waals surface area contributed by atoms with Crippen molar-refractivity contribution in [3.8, 4) is 0 Å². The van der Waals surface area contributed by atoms with Gasteiger partial charge in [-0.25, -0.2) is 0 Å². The average molecular weight is 341 g/mol. The molecule has 2 N–H and O–H groups in total. The van der Waals surface area contributed by atoms with Crippen LogP contribution in [0.2, 0.25) is 10.0 Å². The Balaban J connectivity index is 1.90. The second-order valence-corrected chi connectivity index (χ2v) is 5.74. The van der Waals surface area contributed by atoms with Crippen LogP contribution in [0.25, 0.3) is 6.08 Å². The SMILES string of the molecule is O=C(/C=C/c1cccs1)NNC(=O)c1ccc(Cl)cc1Cl. The van der Waals surface area contributed by atoms with Crippen molar-refractivity contribution in [2.24, 2.45) is 0 Å². The first-order chi connectivity index (χ1) is 10.1. The van der Waals surface area contributed by atoms with Gasteiger partial charge in [0.2, 0.25) is 0 Å². The minimum atomic E-state index is -0.519. The Hall–Kier alpha value is -1.82. The molecule has 0 unspecified atom stereocenters. The van der Waals surface area contributed by atoms with Gasteiger partial charge in [0.15, 0.2) is 0 Å². The lowest BCUT2D eigenvalue weighted by atomic mass is 10.2. The number of hydrazine groups is 1. The summed E-state index contributed by atoms with van der Waals surface area (Å²) in [5.74, 6) is -0.962. The number of hydrogen-bond donors (Lipinski definition) is 2. The van der Waals surface area contributed by atoms with Gasteiger partial charge < -0.3 is 0 Å². The summed E-state index contributed by atoms with van der Waals surface area (Å²) in [6, 6.07) is 8.23. The summed E-state index contributed by atoms with van der Waals surface area (Å²) >= 11 is 13.1. The molecule has 1 aromatic heterocycles. The van der Waals surface area contributed by atoms with Gasteiger partial charge in [0.25, 0.3) is 11.8 Å². The third kappa shape index (κ3) is 4.60. The van der Waals surface area contributed by atoms with Gasteiger partial charge in [-0.05, 0) is 35.7 Å². The van der Waals surface area contributed by atoms with Crippen molar-refractivity contribution in [2.45, 2.75) is 0 Å². The molecular weight excluding hydrogens is 331 g/mol. The van der Waals surface area contributed by atoms with E-state index in [-0.39, 0.29) is 10.6 Å². The Morgan fingerprint density at radius 3 is 2.62 bits per heavy atom. The monoisotopic (exact) mass is 340 g/mol. The molecule has 21 heavy (non-hydrogen) atoms. The van der Waals surface area contributed by atoms with Crippen molar-refractivity contribution in [3.05, 3.63) is 62.3 Å². The number of thiophene rings is 1. The number of amides is 2. The van der Waals surface area contributed by atoms with Crippen molar-refractivity contribution < 1.29 is 9.59 Å². The van der Waals surface area contributed by atoms with E-state index in [0.29, 0.717) is 5.02 Å². The molecule has 108 valence electrons. The molecule has 0 aliphatic carbocycles. The van der Waals surface area contributed by atoms with E-state index in [1.54, 1.807) is 12.1 Å². The molecule has 0 aliphatic heterocycles. The number of nitrogens with one attached hydrogen (secondary N) is 2. The molecule has 0 fully saturated rings. The van der Waals surface area contributed by atoms with Crippen LogP contribution >= 0.6 is 34.5 Å². The van der Waals surface area contributed by atoms with E-state index in [2.05, 4.69) is 10.9 Å². The number of benzene rings is 1. The normalized spacial score (nSPS) is 10.6. The zero-order valence-corrected chi connectivity index (χ0v) is 12.9. The molecule has 2 rings (SSSR count). The lowest BCUT2D eigenvalue weighted by Crippen LogP contribution is -2.40. The molecule has 1 heterocycles. The van der Waals surface area contributed by atoms with Gasteiger partial charge in [-0.1, -0.05) is 29.3 Å². The van der Waals surface area contributed by atoms with E-state index in [4.69, 9.17) is 23.2 Å². The van der Waals surface area contributed by atoms with Crippen LogP contribution in [0.5, 0.6) is 0 Å². The summed E-state index contributed by atoms with van der Waals surface area (Å²) in [4.78, 5) is 24.3. The van der Waals surface area contributed by atoms with Gasteiger partial charge in [-0.2, -0.15) is 0 Å². The quantitative estimate of drug-likeness (QED) is 0.663. The fraction of sp³-hybridized carbons (Fsp3) is 0. The summed E-state index contributed by atoms with van der Waals surface area (Å²) < 4.78 is 0. The van der Waals surface area contributed by atoms with Crippen molar-refractivity contribution in [1.82, 2.24) is 10.9 Å². The van der Waals surface area contributed by atoms with Crippen LogP contribution in [0.4, 0.5) is 0 Å².